The molecule has 6 heteroatoms. The summed E-state index contributed by atoms with van der Waals surface area (Å²) in [7, 11) is 1.41. The topological polar surface area (TPSA) is 75.6 Å². The summed E-state index contributed by atoms with van der Waals surface area (Å²) in [5, 5.41) is 11.4. The van der Waals surface area contributed by atoms with Crippen LogP contribution in [0, 0.1) is 0 Å². The standard InChI is InChI=1S/C11H12ClNO4/c1-6(11(15)16)13-10(14)8-4-3-7(12)5-9(8)17-2/h3-6H,1-2H3,(H,13,14)(H,15,16)/t6-/m0/s1. The van der Waals surface area contributed by atoms with Gasteiger partial charge in [-0.3, -0.25) is 9.59 Å². The third-order valence-electron chi connectivity index (χ3n) is 2.13. The van der Waals surface area contributed by atoms with E-state index in [1.807, 2.05) is 0 Å². The Morgan fingerprint density at radius 3 is 2.65 bits per heavy atom. The molecule has 1 atom stereocenters. The van der Waals surface area contributed by atoms with Gasteiger partial charge in [0.1, 0.15) is 11.8 Å². The van der Waals surface area contributed by atoms with Crippen molar-refractivity contribution in [3.05, 3.63) is 28.8 Å². The van der Waals surface area contributed by atoms with Gasteiger partial charge < -0.3 is 15.2 Å². The Labute approximate surface area is 103 Å². The lowest BCUT2D eigenvalue weighted by Gasteiger charge is -2.12. The second-order valence-electron chi connectivity index (χ2n) is 3.38. The first-order valence-corrected chi connectivity index (χ1v) is 5.20. The number of aliphatic carboxylic acids is 1. The number of carbonyl (C=O) groups excluding carboxylic acids is 1. The monoisotopic (exact) mass is 257 g/mol. The van der Waals surface area contributed by atoms with Crippen LogP contribution in [0.4, 0.5) is 0 Å². The molecule has 0 fully saturated rings. The SMILES string of the molecule is COc1cc(Cl)ccc1C(=O)N[C@@H](C)C(=O)O. The second-order valence-corrected chi connectivity index (χ2v) is 3.81. The second kappa shape index (κ2) is 5.54. The molecule has 0 spiro atoms. The van der Waals surface area contributed by atoms with Gasteiger partial charge in [0.2, 0.25) is 0 Å². The van der Waals surface area contributed by atoms with Gasteiger partial charge in [-0.15, -0.1) is 0 Å². The first kappa shape index (κ1) is 13.3. The summed E-state index contributed by atoms with van der Waals surface area (Å²) in [6.45, 7) is 1.38. The molecule has 1 amide bonds. The highest BCUT2D eigenvalue weighted by molar-refractivity contribution is 6.30. The molecule has 1 aromatic rings. The van der Waals surface area contributed by atoms with Gasteiger partial charge in [0.25, 0.3) is 5.91 Å². The summed E-state index contributed by atoms with van der Waals surface area (Å²) in [6.07, 6.45) is 0. The van der Waals surface area contributed by atoms with Crippen molar-refractivity contribution in [1.29, 1.82) is 0 Å². The molecule has 5 nitrogen and oxygen atoms in total. The highest BCUT2D eigenvalue weighted by Crippen LogP contribution is 2.22. The summed E-state index contributed by atoms with van der Waals surface area (Å²) in [5.74, 6) is -1.33. The fraction of sp³-hybridized carbons (Fsp3) is 0.273. The van der Waals surface area contributed by atoms with Gasteiger partial charge in [-0.05, 0) is 25.1 Å². The summed E-state index contributed by atoms with van der Waals surface area (Å²) < 4.78 is 5.00. The van der Waals surface area contributed by atoms with Crippen LogP contribution in [0.1, 0.15) is 17.3 Å². The van der Waals surface area contributed by atoms with Crippen LogP contribution in [0.15, 0.2) is 18.2 Å². The minimum Gasteiger partial charge on any atom is -0.496 e. The van der Waals surface area contributed by atoms with E-state index in [-0.39, 0.29) is 5.56 Å². The quantitative estimate of drug-likeness (QED) is 0.858. The fourth-order valence-corrected chi connectivity index (χ4v) is 1.35. The number of ether oxygens (including phenoxy) is 1. The van der Waals surface area contributed by atoms with Crippen LogP contribution < -0.4 is 10.1 Å². The van der Waals surface area contributed by atoms with Crippen molar-refractivity contribution in [1.82, 2.24) is 5.32 Å². The molecule has 2 N–H and O–H groups in total. The number of carboxylic acids is 1. The van der Waals surface area contributed by atoms with Crippen LogP contribution in [0.5, 0.6) is 5.75 Å². The highest BCUT2D eigenvalue weighted by Gasteiger charge is 2.18. The Bertz CT molecular complexity index is 447. The number of methoxy groups -OCH3 is 1. The molecule has 0 radical (unpaired) electrons. The Kier molecular flexibility index (Phi) is 4.34. The van der Waals surface area contributed by atoms with Gasteiger partial charge in [-0.25, -0.2) is 0 Å². The zero-order valence-corrected chi connectivity index (χ0v) is 10.1. The van der Waals surface area contributed by atoms with Gasteiger partial charge in [-0.1, -0.05) is 11.6 Å². The van der Waals surface area contributed by atoms with E-state index in [4.69, 9.17) is 21.4 Å². The van der Waals surface area contributed by atoms with Crippen molar-refractivity contribution in [3.8, 4) is 5.75 Å². The predicted molar refractivity (Wildman–Crippen MR) is 62.6 cm³/mol. The van der Waals surface area contributed by atoms with Crippen molar-refractivity contribution in [2.45, 2.75) is 13.0 Å². The molecule has 0 unspecified atom stereocenters. The summed E-state index contributed by atoms with van der Waals surface area (Å²) >= 11 is 5.75. The van der Waals surface area contributed by atoms with E-state index in [2.05, 4.69) is 5.32 Å². The molecule has 1 aromatic carbocycles. The molecule has 0 bridgehead atoms. The number of carboxylic acid groups (broad SMARTS) is 1. The van der Waals surface area contributed by atoms with Crippen LogP contribution in [-0.2, 0) is 4.79 Å². The van der Waals surface area contributed by atoms with E-state index < -0.39 is 17.9 Å². The van der Waals surface area contributed by atoms with Crippen molar-refractivity contribution < 1.29 is 19.4 Å². The van der Waals surface area contributed by atoms with E-state index >= 15 is 0 Å². The molecular weight excluding hydrogens is 246 g/mol. The van der Waals surface area contributed by atoms with E-state index in [9.17, 15) is 9.59 Å². The summed E-state index contributed by atoms with van der Waals surface area (Å²) in [5.41, 5.74) is 0.241. The van der Waals surface area contributed by atoms with Crippen LogP contribution in [0.2, 0.25) is 5.02 Å². The average molecular weight is 258 g/mol. The Hall–Kier alpha value is -1.75. The maximum absolute atomic E-state index is 11.8. The van der Waals surface area contributed by atoms with Gasteiger partial charge in [0, 0.05) is 5.02 Å². The lowest BCUT2D eigenvalue weighted by Crippen LogP contribution is -2.38. The number of carbonyl (C=O) groups is 2. The first-order chi connectivity index (χ1) is 7.95. The third-order valence-corrected chi connectivity index (χ3v) is 2.36. The van der Waals surface area contributed by atoms with E-state index in [0.29, 0.717) is 10.8 Å². The molecule has 0 aliphatic rings. The number of rotatable bonds is 4. The number of hydrogen-bond acceptors (Lipinski definition) is 3. The van der Waals surface area contributed by atoms with Gasteiger partial charge >= 0.3 is 5.97 Å². The van der Waals surface area contributed by atoms with Crippen LogP contribution in [0.3, 0.4) is 0 Å². The third kappa shape index (κ3) is 3.35. The lowest BCUT2D eigenvalue weighted by molar-refractivity contribution is -0.138. The number of halogens is 1. The highest BCUT2D eigenvalue weighted by atomic mass is 35.5. The minimum atomic E-state index is -1.11. The van der Waals surface area contributed by atoms with E-state index in [1.54, 1.807) is 0 Å². The molecule has 17 heavy (non-hydrogen) atoms. The molecule has 1 rings (SSSR count). The Morgan fingerprint density at radius 1 is 1.47 bits per heavy atom. The largest absolute Gasteiger partial charge is 0.496 e. The maximum atomic E-state index is 11.8. The Morgan fingerprint density at radius 2 is 2.12 bits per heavy atom. The Balaban J connectivity index is 2.92. The molecule has 0 saturated heterocycles. The van der Waals surface area contributed by atoms with Gasteiger partial charge in [-0.2, -0.15) is 0 Å². The normalized spacial score (nSPS) is 11.7. The molecule has 0 aliphatic carbocycles. The first-order valence-electron chi connectivity index (χ1n) is 4.83. The smallest absolute Gasteiger partial charge is 0.325 e. The molecular formula is C11H12ClNO4. The number of nitrogens with one attached hydrogen (secondary N) is 1. The van der Waals surface area contributed by atoms with Crippen molar-refractivity contribution in [2.75, 3.05) is 7.11 Å². The van der Waals surface area contributed by atoms with Crippen molar-refractivity contribution in [2.24, 2.45) is 0 Å². The number of amides is 1. The average Bonchev–Trinajstić information content (AvgIpc) is 2.28. The summed E-state index contributed by atoms with van der Waals surface area (Å²) in [6, 6.07) is 3.53. The zero-order valence-electron chi connectivity index (χ0n) is 9.36. The molecule has 0 aliphatic heterocycles. The van der Waals surface area contributed by atoms with Crippen molar-refractivity contribution in [3.63, 3.8) is 0 Å². The number of hydrogen-bond donors (Lipinski definition) is 2. The number of benzene rings is 1. The fourth-order valence-electron chi connectivity index (χ4n) is 1.19. The molecule has 0 heterocycles. The van der Waals surface area contributed by atoms with Crippen LogP contribution >= 0.6 is 11.6 Å². The van der Waals surface area contributed by atoms with Gasteiger partial charge in [0.15, 0.2) is 0 Å². The summed E-state index contributed by atoms with van der Waals surface area (Å²) in [4.78, 5) is 22.4. The van der Waals surface area contributed by atoms with Crippen LogP contribution in [0.25, 0.3) is 0 Å². The predicted octanol–water partition coefficient (Wildman–Crippen LogP) is 1.55. The molecule has 0 aromatic heterocycles. The van der Waals surface area contributed by atoms with Crippen LogP contribution in [-0.4, -0.2) is 30.1 Å². The molecule has 0 saturated carbocycles. The van der Waals surface area contributed by atoms with E-state index in [0.717, 1.165) is 0 Å². The lowest BCUT2D eigenvalue weighted by atomic mass is 10.1. The minimum absolute atomic E-state index is 0.241. The maximum Gasteiger partial charge on any atom is 0.325 e. The molecule has 92 valence electrons. The van der Waals surface area contributed by atoms with E-state index in [1.165, 1.54) is 32.2 Å². The van der Waals surface area contributed by atoms with Gasteiger partial charge in [0.05, 0.1) is 12.7 Å². The zero-order chi connectivity index (χ0) is 13.0. The van der Waals surface area contributed by atoms with Crippen molar-refractivity contribution >= 4 is 23.5 Å².